The number of primary amides is 1. The average molecular weight is 216 g/mol. The normalized spacial score (nSPS) is 9.69. The van der Waals surface area contributed by atoms with Crippen molar-refractivity contribution in [3.05, 3.63) is 35.4 Å². The molecule has 3 nitrogen and oxygen atoms in total. The van der Waals surface area contributed by atoms with Gasteiger partial charge in [-0.1, -0.05) is 12.1 Å². The molecule has 0 unspecified atom stereocenters. The number of amides is 1. The van der Waals surface area contributed by atoms with E-state index in [9.17, 15) is 4.79 Å². The summed E-state index contributed by atoms with van der Waals surface area (Å²) in [5.41, 5.74) is 6.79. The number of hydrogen-bond acceptors (Lipinski definition) is 2. The number of unbranched alkanes of at least 4 members (excludes halogenated alkanes) is 1. The first-order valence-electron chi connectivity index (χ1n) is 5.27. The Morgan fingerprint density at radius 2 is 2.31 bits per heavy atom. The van der Waals surface area contributed by atoms with E-state index in [2.05, 4.69) is 11.2 Å². The minimum Gasteiger partial charge on any atom is -0.366 e. The van der Waals surface area contributed by atoms with Crippen LogP contribution < -0.4 is 11.1 Å². The lowest BCUT2D eigenvalue weighted by molar-refractivity contribution is 0.1000. The number of nitrogens with two attached hydrogens (primary N) is 1. The Hall–Kier alpha value is -1.79. The van der Waals surface area contributed by atoms with Gasteiger partial charge in [0.1, 0.15) is 0 Å². The zero-order valence-corrected chi connectivity index (χ0v) is 9.20. The molecule has 1 aromatic rings. The molecule has 0 aromatic heterocycles. The highest BCUT2D eigenvalue weighted by Crippen LogP contribution is 2.04. The standard InChI is InChI=1S/C13H16N2O/c1-2-3-4-8-15-10-11-6-5-7-12(9-11)13(14)16/h1,5-7,9,15H,3-4,8,10H2,(H2,14,16). The van der Waals surface area contributed by atoms with Gasteiger partial charge < -0.3 is 11.1 Å². The van der Waals surface area contributed by atoms with Gasteiger partial charge in [0.05, 0.1) is 0 Å². The molecule has 0 bridgehead atoms. The molecule has 16 heavy (non-hydrogen) atoms. The number of carbonyl (C=O) groups excluding carboxylic acids is 1. The summed E-state index contributed by atoms with van der Waals surface area (Å²) < 4.78 is 0. The number of benzene rings is 1. The van der Waals surface area contributed by atoms with Crippen LogP contribution in [0.4, 0.5) is 0 Å². The molecule has 3 heteroatoms. The highest BCUT2D eigenvalue weighted by molar-refractivity contribution is 5.92. The lowest BCUT2D eigenvalue weighted by Gasteiger charge is -2.04. The topological polar surface area (TPSA) is 55.1 Å². The molecule has 1 aromatic carbocycles. The molecule has 3 N–H and O–H groups in total. The minimum atomic E-state index is -0.394. The molecule has 0 heterocycles. The average Bonchev–Trinajstić information content (AvgIpc) is 2.29. The molecular formula is C13H16N2O. The van der Waals surface area contributed by atoms with Gasteiger partial charge in [-0.05, 0) is 30.7 Å². The second kappa shape index (κ2) is 6.65. The van der Waals surface area contributed by atoms with E-state index in [1.165, 1.54) is 0 Å². The van der Waals surface area contributed by atoms with Gasteiger partial charge >= 0.3 is 0 Å². The van der Waals surface area contributed by atoms with Crippen molar-refractivity contribution in [2.45, 2.75) is 19.4 Å². The number of carbonyl (C=O) groups is 1. The molecule has 0 spiro atoms. The van der Waals surface area contributed by atoms with Crippen molar-refractivity contribution in [2.24, 2.45) is 5.73 Å². The summed E-state index contributed by atoms with van der Waals surface area (Å²) in [6.07, 6.45) is 6.90. The predicted molar refractivity (Wildman–Crippen MR) is 64.7 cm³/mol. The highest BCUT2D eigenvalue weighted by Gasteiger charge is 2.00. The summed E-state index contributed by atoms with van der Waals surface area (Å²) in [4.78, 5) is 10.9. The van der Waals surface area contributed by atoms with Crippen LogP contribution in [-0.2, 0) is 6.54 Å². The second-order valence-corrected chi connectivity index (χ2v) is 3.55. The maximum Gasteiger partial charge on any atom is 0.248 e. The van der Waals surface area contributed by atoms with E-state index in [0.29, 0.717) is 5.56 Å². The number of hydrogen-bond donors (Lipinski definition) is 2. The molecule has 0 radical (unpaired) electrons. The second-order valence-electron chi connectivity index (χ2n) is 3.55. The molecule has 1 rings (SSSR count). The van der Waals surface area contributed by atoms with Gasteiger partial charge in [0.15, 0.2) is 0 Å². The third-order valence-corrected chi connectivity index (χ3v) is 2.22. The fourth-order valence-corrected chi connectivity index (χ4v) is 1.38. The van der Waals surface area contributed by atoms with Crippen LogP contribution in [0.5, 0.6) is 0 Å². The lowest BCUT2D eigenvalue weighted by atomic mass is 10.1. The Bertz CT molecular complexity index is 393. The smallest absolute Gasteiger partial charge is 0.248 e. The number of nitrogens with one attached hydrogen (secondary N) is 1. The van der Waals surface area contributed by atoms with Crippen molar-refractivity contribution in [2.75, 3.05) is 6.54 Å². The molecular weight excluding hydrogens is 200 g/mol. The SMILES string of the molecule is C#CCCCNCc1cccc(C(N)=O)c1. The van der Waals surface area contributed by atoms with Gasteiger partial charge in [0.25, 0.3) is 0 Å². The van der Waals surface area contributed by atoms with Gasteiger partial charge in [0, 0.05) is 18.5 Å². The van der Waals surface area contributed by atoms with Crippen LogP contribution in [0.2, 0.25) is 0 Å². The third-order valence-electron chi connectivity index (χ3n) is 2.22. The van der Waals surface area contributed by atoms with E-state index in [1.807, 2.05) is 12.1 Å². The van der Waals surface area contributed by atoms with E-state index in [4.69, 9.17) is 12.2 Å². The first-order chi connectivity index (χ1) is 7.74. The van der Waals surface area contributed by atoms with E-state index in [0.717, 1.165) is 31.5 Å². The van der Waals surface area contributed by atoms with E-state index in [1.54, 1.807) is 12.1 Å². The fourth-order valence-electron chi connectivity index (χ4n) is 1.38. The summed E-state index contributed by atoms with van der Waals surface area (Å²) in [6.45, 7) is 1.61. The molecule has 0 fully saturated rings. The Labute approximate surface area is 96.0 Å². The Kier molecular flexibility index (Phi) is 5.10. The van der Waals surface area contributed by atoms with E-state index in [-0.39, 0.29) is 0 Å². The van der Waals surface area contributed by atoms with E-state index < -0.39 is 5.91 Å². The zero-order valence-electron chi connectivity index (χ0n) is 9.20. The first-order valence-corrected chi connectivity index (χ1v) is 5.27. The summed E-state index contributed by atoms with van der Waals surface area (Å²) in [5.74, 6) is 2.19. The van der Waals surface area contributed by atoms with Crippen LogP contribution in [0.15, 0.2) is 24.3 Å². The predicted octanol–water partition coefficient (Wildman–Crippen LogP) is 1.29. The van der Waals surface area contributed by atoms with Crippen molar-refractivity contribution >= 4 is 5.91 Å². The molecule has 0 saturated heterocycles. The lowest BCUT2D eigenvalue weighted by Crippen LogP contribution is -2.16. The van der Waals surface area contributed by atoms with Crippen LogP contribution in [0.3, 0.4) is 0 Å². The number of rotatable bonds is 6. The largest absolute Gasteiger partial charge is 0.366 e. The summed E-state index contributed by atoms with van der Waals surface area (Å²) >= 11 is 0. The third kappa shape index (κ3) is 4.16. The van der Waals surface area contributed by atoms with Crippen LogP contribution in [0.25, 0.3) is 0 Å². The fraction of sp³-hybridized carbons (Fsp3) is 0.308. The van der Waals surface area contributed by atoms with Crippen molar-refractivity contribution in [3.63, 3.8) is 0 Å². The maximum atomic E-state index is 10.9. The van der Waals surface area contributed by atoms with Crippen molar-refractivity contribution in [1.82, 2.24) is 5.32 Å². The van der Waals surface area contributed by atoms with Crippen molar-refractivity contribution in [3.8, 4) is 12.3 Å². The maximum absolute atomic E-state index is 10.9. The molecule has 0 aliphatic heterocycles. The van der Waals surface area contributed by atoms with Crippen molar-refractivity contribution < 1.29 is 4.79 Å². The summed E-state index contributed by atoms with van der Waals surface area (Å²) in [5, 5.41) is 3.25. The monoisotopic (exact) mass is 216 g/mol. The molecule has 0 saturated carbocycles. The Balaban J connectivity index is 2.39. The molecule has 1 amide bonds. The summed E-state index contributed by atoms with van der Waals surface area (Å²) in [6, 6.07) is 7.31. The zero-order chi connectivity index (χ0) is 11.8. The highest BCUT2D eigenvalue weighted by atomic mass is 16.1. The molecule has 84 valence electrons. The van der Waals surface area contributed by atoms with E-state index >= 15 is 0 Å². The summed E-state index contributed by atoms with van der Waals surface area (Å²) in [7, 11) is 0. The van der Waals surface area contributed by atoms with Gasteiger partial charge in [-0.25, -0.2) is 0 Å². The first kappa shape index (κ1) is 12.3. The molecule has 0 atom stereocenters. The Morgan fingerprint density at radius 3 is 3.00 bits per heavy atom. The quantitative estimate of drug-likeness (QED) is 0.556. The van der Waals surface area contributed by atoms with Crippen LogP contribution in [0.1, 0.15) is 28.8 Å². The minimum absolute atomic E-state index is 0.394. The Morgan fingerprint density at radius 1 is 1.50 bits per heavy atom. The van der Waals surface area contributed by atoms with Gasteiger partial charge in [-0.3, -0.25) is 4.79 Å². The van der Waals surface area contributed by atoms with Crippen LogP contribution in [0, 0.1) is 12.3 Å². The van der Waals surface area contributed by atoms with Crippen LogP contribution >= 0.6 is 0 Å². The van der Waals surface area contributed by atoms with Crippen LogP contribution in [-0.4, -0.2) is 12.5 Å². The van der Waals surface area contributed by atoms with Gasteiger partial charge in [-0.15, -0.1) is 12.3 Å². The van der Waals surface area contributed by atoms with Crippen molar-refractivity contribution in [1.29, 1.82) is 0 Å². The molecule has 0 aliphatic rings. The molecule has 0 aliphatic carbocycles. The van der Waals surface area contributed by atoms with Gasteiger partial charge in [0.2, 0.25) is 5.91 Å². The van der Waals surface area contributed by atoms with Gasteiger partial charge in [-0.2, -0.15) is 0 Å². The number of terminal acetylenes is 1.